The van der Waals surface area contributed by atoms with E-state index in [9.17, 15) is 9.59 Å². The molecule has 1 aliphatic heterocycles. The van der Waals surface area contributed by atoms with Crippen LogP contribution in [0.25, 0.3) is 0 Å². The van der Waals surface area contributed by atoms with Crippen molar-refractivity contribution in [3.63, 3.8) is 0 Å². The number of carbonyl (C=O) groups excluding carboxylic acids is 2. The fourth-order valence-electron chi connectivity index (χ4n) is 3.55. The van der Waals surface area contributed by atoms with Crippen LogP contribution in [0.5, 0.6) is 0 Å². The number of hydrogen-bond donors (Lipinski definition) is 2. The third kappa shape index (κ3) is 9.21. The molecule has 0 atom stereocenters. The standard InChI is InChI=1S/C18H15P.C10H13NO.C3H5NO2/c1-4-10-16(11-5-1)19(17-12-6-2-7-13-17)18-14-8-3-9-15-18;1-7-4-5-10(6-8(7)2)11-9(3)12;5-3-4-1-2-6-3/h1-15H;4-6H,1-3H3,(H,11,12);1-2H2,(H,4,5). The van der Waals surface area contributed by atoms with Crippen LogP contribution in [0.2, 0.25) is 0 Å². The van der Waals surface area contributed by atoms with Crippen LogP contribution in [0.15, 0.2) is 109 Å². The minimum atomic E-state index is -0.446. The van der Waals surface area contributed by atoms with Crippen molar-refractivity contribution >= 4 is 41.5 Å². The Hall–Kier alpha value is -3.95. The zero-order valence-corrected chi connectivity index (χ0v) is 22.4. The molecule has 0 spiro atoms. The highest BCUT2D eigenvalue weighted by molar-refractivity contribution is 7.79. The molecular formula is C31H33N2O3P. The third-order valence-corrected chi connectivity index (χ3v) is 7.92. The summed E-state index contributed by atoms with van der Waals surface area (Å²) >= 11 is 0. The fraction of sp³-hybridized carbons (Fsp3) is 0.161. The summed E-state index contributed by atoms with van der Waals surface area (Å²) in [6.07, 6.45) is -0.296. The SMILES string of the molecule is CC(=O)Nc1ccc(C)c(C)c1.O=C1NCCO1.c1ccc(P(c2ccccc2)c2ccccc2)cc1. The quantitative estimate of drug-likeness (QED) is 0.358. The van der Waals surface area contributed by atoms with E-state index in [2.05, 4.69) is 106 Å². The first-order chi connectivity index (χ1) is 17.9. The number of aryl methyl sites for hydroxylation is 2. The van der Waals surface area contributed by atoms with E-state index in [1.54, 1.807) is 0 Å². The van der Waals surface area contributed by atoms with E-state index in [1.165, 1.54) is 34.0 Å². The average Bonchev–Trinajstić information content (AvgIpc) is 3.40. The molecule has 0 bridgehead atoms. The smallest absolute Gasteiger partial charge is 0.407 e. The maximum atomic E-state index is 10.7. The Balaban J connectivity index is 0.000000179. The van der Waals surface area contributed by atoms with Crippen LogP contribution in [0, 0.1) is 13.8 Å². The number of alkyl carbamates (subject to hydrolysis) is 1. The van der Waals surface area contributed by atoms with E-state index in [0.717, 1.165) is 5.69 Å². The molecule has 2 N–H and O–H groups in total. The number of anilines is 1. The lowest BCUT2D eigenvalue weighted by Gasteiger charge is -2.18. The molecular weight excluding hydrogens is 479 g/mol. The molecule has 0 unspecified atom stereocenters. The Labute approximate surface area is 220 Å². The second-order valence-electron chi connectivity index (χ2n) is 8.38. The third-order valence-electron chi connectivity index (χ3n) is 5.48. The minimum Gasteiger partial charge on any atom is -0.448 e. The van der Waals surface area contributed by atoms with Gasteiger partial charge in [-0.25, -0.2) is 4.79 Å². The number of carbonyl (C=O) groups is 2. The van der Waals surface area contributed by atoms with Crippen molar-refractivity contribution in [2.45, 2.75) is 20.8 Å². The Bertz CT molecular complexity index is 1160. The van der Waals surface area contributed by atoms with Gasteiger partial charge in [-0.05, 0) is 60.9 Å². The monoisotopic (exact) mass is 512 g/mol. The first-order valence-electron chi connectivity index (χ1n) is 12.1. The summed E-state index contributed by atoms with van der Waals surface area (Å²) in [5, 5.41) is 9.39. The van der Waals surface area contributed by atoms with Gasteiger partial charge in [0.05, 0.1) is 6.54 Å². The molecule has 37 heavy (non-hydrogen) atoms. The fourth-order valence-corrected chi connectivity index (χ4v) is 5.85. The van der Waals surface area contributed by atoms with Gasteiger partial charge in [-0.1, -0.05) is 97.1 Å². The van der Waals surface area contributed by atoms with Crippen molar-refractivity contribution in [2.24, 2.45) is 0 Å². The molecule has 190 valence electrons. The summed E-state index contributed by atoms with van der Waals surface area (Å²) in [6.45, 7) is 6.78. The van der Waals surface area contributed by atoms with Gasteiger partial charge >= 0.3 is 6.09 Å². The van der Waals surface area contributed by atoms with Gasteiger partial charge < -0.3 is 15.4 Å². The van der Waals surface area contributed by atoms with Crippen LogP contribution >= 0.6 is 7.92 Å². The van der Waals surface area contributed by atoms with Crippen molar-refractivity contribution < 1.29 is 14.3 Å². The van der Waals surface area contributed by atoms with Crippen molar-refractivity contribution in [3.8, 4) is 0 Å². The highest BCUT2D eigenvalue weighted by Gasteiger charge is 2.15. The predicted molar refractivity (Wildman–Crippen MR) is 155 cm³/mol. The predicted octanol–water partition coefficient (Wildman–Crippen LogP) is 5.43. The molecule has 0 aliphatic carbocycles. The molecule has 6 heteroatoms. The zero-order chi connectivity index (χ0) is 26.5. The summed E-state index contributed by atoms with van der Waals surface area (Å²) in [6, 6.07) is 38.2. The molecule has 1 heterocycles. The Morgan fingerprint density at radius 1 is 0.757 bits per heavy atom. The molecule has 4 aromatic rings. The lowest BCUT2D eigenvalue weighted by molar-refractivity contribution is -0.114. The van der Waals surface area contributed by atoms with Crippen molar-refractivity contribution in [1.82, 2.24) is 5.32 Å². The van der Waals surface area contributed by atoms with E-state index in [0.29, 0.717) is 13.2 Å². The maximum Gasteiger partial charge on any atom is 0.407 e. The normalized spacial score (nSPS) is 11.7. The Morgan fingerprint density at radius 3 is 1.57 bits per heavy atom. The van der Waals surface area contributed by atoms with Gasteiger partial charge in [0.2, 0.25) is 5.91 Å². The second-order valence-corrected chi connectivity index (χ2v) is 10.6. The van der Waals surface area contributed by atoms with Crippen LogP contribution in [-0.2, 0) is 9.53 Å². The van der Waals surface area contributed by atoms with E-state index in [1.807, 2.05) is 32.0 Å². The number of amides is 2. The van der Waals surface area contributed by atoms with Crippen LogP contribution in [0.3, 0.4) is 0 Å². The molecule has 4 aromatic carbocycles. The Kier molecular flexibility index (Phi) is 10.9. The van der Waals surface area contributed by atoms with Gasteiger partial charge in [0, 0.05) is 12.6 Å². The van der Waals surface area contributed by atoms with Gasteiger partial charge in [0.25, 0.3) is 0 Å². The van der Waals surface area contributed by atoms with Crippen molar-refractivity contribution in [1.29, 1.82) is 0 Å². The number of cyclic esters (lactones) is 1. The number of rotatable bonds is 4. The first kappa shape index (κ1) is 27.6. The van der Waals surface area contributed by atoms with Crippen molar-refractivity contribution in [3.05, 3.63) is 120 Å². The van der Waals surface area contributed by atoms with Crippen LogP contribution in [-0.4, -0.2) is 25.2 Å². The van der Waals surface area contributed by atoms with Crippen LogP contribution in [0.4, 0.5) is 10.5 Å². The topological polar surface area (TPSA) is 67.4 Å². The molecule has 5 rings (SSSR count). The number of benzene rings is 4. The summed E-state index contributed by atoms with van der Waals surface area (Å²) in [7, 11) is -0.446. The number of ether oxygens (including phenoxy) is 1. The van der Waals surface area contributed by atoms with E-state index < -0.39 is 7.92 Å². The molecule has 0 saturated carbocycles. The summed E-state index contributed by atoms with van der Waals surface area (Å²) in [4.78, 5) is 20.6. The highest BCUT2D eigenvalue weighted by atomic mass is 31.1. The second kappa shape index (κ2) is 14.6. The molecule has 5 nitrogen and oxygen atoms in total. The molecule has 0 aromatic heterocycles. The highest BCUT2D eigenvalue weighted by Crippen LogP contribution is 2.32. The van der Waals surface area contributed by atoms with Gasteiger partial charge in [-0.3, -0.25) is 4.79 Å². The number of nitrogens with one attached hydrogen (secondary N) is 2. The molecule has 2 amide bonds. The zero-order valence-electron chi connectivity index (χ0n) is 21.5. The number of hydrogen-bond acceptors (Lipinski definition) is 3. The van der Waals surface area contributed by atoms with Gasteiger partial charge in [-0.2, -0.15) is 0 Å². The van der Waals surface area contributed by atoms with E-state index in [4.69, 9.17) is 0 Å². The first-order valence-corrected chi connectivity index (χ1v) is 13.5. The van der Waals surface area contributed by atoms with Gasteiger partial charge in [-0.15, -0.1) is 0 Å². The maximum absolute atomic E-state index is 10.7. The lowest BCUT2D eigenvalue weighted by Crippen LogP contribution is -2.20. The summed E-state index contributed by atoms with van der Waals surface area (Å²) in [5.74, 6) is -0.0294. The van der Waals surface area contributed by atoms with Crippen LogP contribution < -0.4 is 26.5 Å². The summed E-state index contributed by atoms with van der Waals surface area (Å²) < 4.78 is 4.40. The van der Waals surface area contributed by atoms with Gasteiger partial charge in [0.15, 0.2) is 0 Å². The summed E-state index contributed by atoms with van der Waals surface area (Å²) in [5.41, 5.74) is 3.30. The minimum absolute atomic E-state index is 0.0294. The largest absolute Gasteiger partial charge is 0.448 e. The average molecular weight is 513 g/mol. The molecule has 1 aliphatic rings. The Morgan fingerprint density at radius 2 is 1.24 bits per heavy atom. The van der Waals surface area contributed by atoms with Gasteiger partial charge in [0.1, 0.15) is 6.61 Å². The van der Waals surface area contributed by atoms with E-state index >= 15 is 0 Å². The molecule has 0 radical (unpaired) electrons. The molecule has 1 fully saturated rings. The van der Waals surface area contributed by atoms with Crippen LogP contribution in [0.1, 0.15) is 18.1 Å². The lowest BCUT2D eigenvalue weighted by atomic mass is 10.1. The van der Waals surface area contributed by atoms with E-state index in [-0.39, 0.29) is 12.0 Å². The van der Waals surface area contributed by atoms with Crippen molar-refractivity contribution in [2.75, 3.05) is 18.5 Å². The molecule has 1 saturated heterocycles.